The highest BCUT2D eigenvalue weighted by Gasteiger charge is 2.18. The van der Waals surface area contributed by atoms with Crippen LogP contribution in [0.25, 0.3) is 0 Å². The van der Waals surface area contributed by atoms with Gasteiger partial charge in [-0.1, -0.05) is 0 Å². The fourth-order valence-electron chi connectivity index (χ4n) is 0.698. The van der Waals surface area contributed by atoms with E-state index >= 15 is 0 Å². The number of carboxylic acids is 1. The predicted octanol–water partition coefficient (Wildman–Crippen LogP) is 1.02. The molecule has 0 aliphatic rings. The van der Waals surface area contributed by atoms with E-state index in [4.69, 9.17) is 5.11 Å². The average Bonchev–Trinajstić information content (AvgIpc) is 2.07. The third kappa shape index (κ3) is 1.25. The number of carbonyl (C=O) groups is 1. The van der Waals surface area contributed by atoms with Gasteiger partial charge in [0.05, 0.1) is 0 Å². The van der Waals surface area contributed by atoms with Gasteiger partial charge in [0, 0.05) is 7.05 Å². The molecule has 0 atom stereocenters. The summed E-state index contributed by atoms with van der Waals surface area (Å²) in [7, 11) is 1.36. The molecule has 0 bridgehead atoms. The number of hydrogen-bond acceptors (Lipinski definition) is 2. The highest BCUT2D eigenvalue weighted by molar-refractivity contribution is 9.10. The van der Waals surface area contributed by atoms with E-state index in [0.29, 0.717) is 0 Å². The topological polar surface area (TPSA) is 55.1 Å². The second-order valence-electron chi connectivity index (χ2n) is 1.88. The summed E-state index contributed by atoms with van der Waals surface area (Å²) >= 11 is 2.76. The van der Waals surface area contributed by atoms with Crippen molar-refractivity contribution in [2.24, 2.45) is 7.05 Å². The summed E-state index contributed by atoms with van der Waals surface area (Å²) < 4.78 is 13.4. The zero-order chi connectivity index (χ0) is 8.59. The second-order valence-corrected chi connectivity index (χ2v) is 2.68. The number of rotatable bonds is 1. The summed E-state index contributed by atoms with van der Waals surface area (Å²) in [4.78, 5) is 10.4. The molecule has 1 aromatic rings. The van der Waals surface area contributed by atoms with Crippen molar-refractivity contribution in [1.82, 2.24) is 9.78 Å². The Morgan fingerprint density at radius 3 is 2.55 bits per heavy atom. The maximum absolute atomic E-state index is 12.5. The van der Waals surface area contributed by atoms with Crippen molar-refractivity contribution >= 4 is 21.9 Å². The van der Waals surface area contributed by atoms with E-state index in [1.807, 2.05) is 0 Å². The summed E-state index contributed by atoms with van der Waals surface area (Å²) in [5.41, 5.74) is -0.192. The van der Waals surface area contributed by atoms with Crippen LogP contribution >= 0.6 is 15.9 Å². The SMILES string of the molecule is Cn1nc(F)c(Br)c1C(=O)O. The monoisotopic (exact) mass is 222 g/mol. The number of hydrogen-bond donors (Lipinski definition) is 1. The van der Waals surface area contributed by atoms with Crippen LogP contribution in [0.5, 0.6) is 0 Å². The van der Waals surface area contributed by atoms with Crippen molar-refractivity contribution in [3.8, 4) is 0 Å². The zero-order valence-electron chi connectivity index (χ0n) is 5.51. The predicted molar refractivity (Wildman–Crippen MR) is 37.8 cm³/mol. The van der Waals surface area contributed by atoms with Gasteiger partial charge in [-0.05, 0) is 15.9 Å². The quantitative estimate of drug-likeness (QED) is 0.773. The first-order chi connectivity index (χ1) is 5.04. The molecule has 0 saturated carbocycles. The van der Waals surface area contributed by atoms with E-state index in [1.54, 1.807) is 0 Å². The molecular formula is C5H4BrFN2O2. The first-order valence-corrected chi connectivity index (χ1v) is 3.44. The van der Waals surface area contributed by atoms with Gasteiger partial charge < -0.3 is 5.11 Å². The molecule has 0 fully saturated rings. The zero-order valence-corrected chi connectivity index (χ0v) is 7.09. The van der Waals surface area contributed by atoms with E-state index < -0.39 is 11.9 Å². The van der Waals surface area contributed by atoms with E-state index in [0.717, 1.165) is 4.68 Å². The average molecular weight is 223 g/mol. The lowest BCUT2D eigenvalue weighted by atomic mass is 10.4. The standard InChI is InChI=1S/C5H4BrFN2O2/c1-9-3(5(10)11)2(6)4(7)8-9/h1H3,(H,10,11). The molecular weight excluding hydrogens is 219 g/mol. The Hall–Kier alpha value is -0.910. The van der Waals surface area contributed by atoms with Crippen LogP contribution in [-0.4, -0.2) is 20.9 Å². The highest BCUT2D eigenvalue weighted by atomic mass is 79.9. The van der Waals surface area contributed by atoms with Crippen molar-refractivity contribution in [1.29, 1.82) is 0 Å². The first kappa shape index (κ1) is 8.19. The molecule has 1 N–H and O–H groups in total. The Morgan fingerprint density at radius 1 is 1.82 bits per heavy atom. The minimum atomic E-state index is -1.21. The third-order valence-electron chi connectivity index (χ3n) is 1.15. The summed E-state index contributed by atoms with van der Waals surface area (Å²) in [6.45, 7) is 0. The first-order valence-electron chi connectivity index (χ1n) is 2.65. The van der Waals surface area contributed by atoms with Crippen molar-refractivity contribution in [3.05, 3.63) is 16.1 Å². The molecule has 0 amide bonds. The lowest BCUT2D eigenvalue weighted by molar-refractivity contribution is 0.0684. The Morgan fingerprint density at radius 2 is 2.36 bits per heavy atom. The van der Waals surface area contributed by atoms with Crippen molar-refractivity contribution in [3.63, 3.8) is 0 Å². The van der Waals surface area contributed by atoms with Crippen LogP contribution in [0.2, 0.25) is 0 Å². The van der Waals surface area contributed by atoms with Gasteiger partial charge in [-0.3, -0.25) is 4.68 Å². The molecule has 0 aliphatic heterocycles. The fraction of sp³-hybridized carbons (Fsp3) is 0.200. The lowest BCUT2D eigenvalue weighted by Gasteiger charge is -1.92. The maximum atomic E-state index is 12.5. The summed E-state index contributed by atoms with van der Waals surface area (Å²) in [6.07, 6.45) is 0. The number of aromatic carboxylic acids is 1. The Kier molecular flexibility index (Phi) is 1.95. The normalized spacial score (nSPS) is 10.1. The van der Waals surface area contributed by atoms with Crippen LogP contribution in [0, 0.1) is 5.95 Å². The largest absolute Gasteiger partial charge is 0.476 e. The summed E-state index contributed by atoms with van der Waals surface area (Å²) in [6, 6.07) is 0. The van der Waals surface area contributed by atoms with Gasteiger partial charge >= 0.3 is 5.97 Å². The smallest absolute Gasteiger partial charge is 0.355 e. The molecule has 0 radical (unpaired) electrons. The van der Waals surface area contributed by atoms with Crippen molar-refractivity contribution < 1.29 is 14.3 Å². The molecule has 60 valence electrons. The van der Waals surface area contributed by atoms with Gasteiger partial charge in [-0.15, -0.1) is 5.10 Å². The van der Waals surface area contributed by atoms with Gasteiger partial charge in [0.2, 0.25) is 5.95 Å². The Labute approximate surface area is 69.8 Å². The minimum Gasteiger partial charge on any atom is -0.476 e. The molecule has 1 aromatic heterocycles. The molecule has 6 heteroatoms. The van der Waals surface area contributed by atoms with Crippen LogP contribution in [-0.2, 0) is 7.05 Å². The van der Waals surface area contributed by atoms with E-state index in [-0.39, 0.29) is 10.2 Å². The number of aromatic nitrogens is 2. The molecule has 0 aliphatic carbocycles. The summed E-state index contributed by atoms with van der Waals surface area (Å²) in [5.74, 6) is -2.03. The van der Waals surface area contributed by atoms with E-state index in [9.17, 15) is 9.18 Å². The number of halogens is 2. The second kappa shape index (κ2) is 2.61. The van der Waals surface area contributed by atoms with E-state index in [2.05, 4.69) is 21.0 Å². The van der Waals surface area contributed by atoms with Crippen molar-refractivity contribution in [2.75, 3.05) is 0 Å². The van der Waals surface area contributed by atoms with E-state index in [1.165, 1.54) is 7.05 Å². The molecule has 0 aromatic carbocycles. The molecule has 0 saturated heterocycles. The van der Waals surface area contributed by atoms with Gasteiger partial charge in [-0.25, -0.2) is 4.79 Å². The number of carboxylic acid groups (broad SMARTS) is 1. The molecule has 4 nitrogen and oxygen atoms in total. The molecule has 1 rings (SSSR count). The Bertz CT molecular complexity index is 310. The number of nitrogens with zero attached hydrogens (tertiary/aromatic N) is 2. The Balaban J connectivity index is 3.34. The van der Waals surface area contributed by atoms with Crippen LogP contribution < -0.4 is 0 Å². The van der Waals surface area contributed by atoms with Crippen LogP contribution in [0.1, 0.15) is 10.5 Å². The van der Waals surface area contributed by atoms with Crippen LogP contribution in [0.3, 0.4) is 0 Å². The highest BCUT2D eigenvalue weighted by Crippen LogP contribution is 2.18. The molecule has 1 heterocycles. The summed E-state index contributed by atoms with van der Waals surface area (Å²) in [5, 5.41) is 11.8. The number of aryl methyl sites for hydroxylation is 1. The fourth-order valence-corrected chi connectivity index (χ4v) is 1.20. The molecule has 11 heavy (non-hydrogen) atoms. The maximum Gasteiger partial charge on any atom is 0.355 e. The minimum absolute atomic E-state index is 0.118. The van der Waals surface area contributed by atoms with Gasteiger partial charge in [-0.2, -0.15) is 4.39 Å². The van der Waals surface area contributed by atoms with Gasteiger partial charge in [0.25, 0.3) is 0 Å². The van der Waals surface area contributed by atoms with Crippen molar-refractivity contribution in [2.45, 2.75) is 0 Å². The molecule has 0 spiro atoms. The van der Waals surface area contributed by atoms with Gasteiger partial charge in [0.15, 0.2) is 5.69 Å². The van der Waals surface area contributed by atoms with Crippen LogP contribution in [0.15, 0.2) is 4.47 Å². The third-order valence-corrected chi connectivity index (χ3v) is 1.86. The lowest BCUT2D eigenvalue weighted by Crippen LogP contribution is -2.05. The van der Waals surface area contributed by atoms with Gasteiger partial charge in [0.1, 0.15) is 4.47 Å². The van der Waals surface area contributed by atoms with Crippen LogP contribution in [0.4, 0.5) is 4.39 Å². The molecule has 0 unspecified atom stereocenters.